The van der Waals surface area contributed by atoms with Crippen LogP contribution in [0.1, 0.15) is 51.0 Å². The Kier molecular flexibility index (Phi) is 9.57. The van der Waals surface area contributed by atoms with Crippen LogP contribution < -0.4 is 9.62 Å². The van der Waals surface area contributed by atoms with Gasteiger partial charge in [-0.05, 0) is 43.0 Å². The van der Waals surface area contributed by atoms with Crippen molar-refractivity contribution in [3.8, 4) is 0 Å². The molecular weight excluding hydrogens is 486 g/mol. The molecule has 7 nitrogen and oxygen atoms in total. The average molecular weight is 520 g/mol. The Hall–Kier alpha value is -2.58. The van der Waals surface area contributed by atoms with Crippen LogP contribution in [0.15, 0.2) is 54.6 Å². The molecule has 35 heavy (non-hydrogen) atoms. The van der Waals surface area contributed by atoms with Crippen LogP contribution in [-0.2, 0) is 26.2 Å². The van der Waals surface area contributed by atoms with Crippen LogP contribution in [0.25, 0.3) is 0 Å². The smallest absolute Gasteiger partial charge is 0.244 e. The minimum absolute atomic E-state index is 0.0967. The summed E-state index contributed by atoms with van der Waals surface area (Å²) in [6.45, 7) is 1.53. The van der Waals surface area contributed by atoms with Gasteiger partial charge in [-0.1, -0.05) is 74.2 Å². The van der Waals surface area contributed by atoms with E-state index in [4.69, 9.17) is 11.6 Å². The van der Waals surface area contributed by atoms with Gasteiger partial charge in [0.2, 0.25) is 21.8 Å². The summed E-state index contributed by atoms with van der Waals surface area (Å²) < 4.78 is 26.3. The number of hydrogen-bond acceptors (Lipinski definition) is 4. The Balaban J connectivity index is 1.90. The lowest BCUT2D eigenvalue weighted by Crippen LogP contribution is -2.54. The maximum absolute atomic E-state index is 13.7. The van der Waals surface area contributed by atoms with E-state index in [1.165, 1.54) is 11.3 Å². The predicted molar refractivity (Wildman–Crippen MR) is 140 cm³/mol. The lowest BCUT2D eigenvalue weighted by Gasteiger charge is -2.34. The number of hydrogen-bond donors (Lipinski definition) is 1. The lowest BCUT2D eigenvalue weighted by molar-refractivity contribution is -0.140. The Labute approximate surface area is 213 Å². The van der Waals surface area contributed by atoms with E-state index in [0.717, 1.165) is 36.2 Å². The van der Waals surface area contributed by atoms with Crippen LogP contribution in [0.3, 0.4) is 0 Å². The largest absolute Gasteiger partial charge is 0.352 e. The summed E-state index contributed by atoms with van der Waals surface area (Å²) in [5.74, 6) is -0.685. The number of benzene rings is 2. The zero-order chi connectivity index (χ0) is 25.4. The minimum Gasteiger partial charge on any atom is -0.352 e. The zero-order valence-electron chi connectivity index (χ0n) is 20.3. The van der Waals surface area contributed by atoms with Gasteiger partial charge in [-0.2, -0.15) is 0 Å². The first-order valence-corrected chi connectivity index (χ1v) is 14.3. The van der Waals surface area contributed by atoms with Crippen molar-refractivity contribution >= 4 is 39.1 Å². The number of amides is 2. The number of sulfonamides is 1. The molecule has 2 aromatic carbocycles. The first kappa shape index (κ1) is 27.0. The molecule has 9 heteroatoms. The SMILES string of the molecule is CCC(C(=O)NC1CCCCC1)N(Cc1ccccc1Cl)C(=O)CN(c1ccccc1)S(C)(=O)=O. The highest BCUT2D eigenvalue weighted by atomic mass is 35.5. The molecule has 0 aromatic heterocycles. The predicted octanol–water partition coefficient (Wildman–Crippen LogP) is 4.36. The Morgan fingerprint density at radius 2 is 1.66 bits per heavy atom. The lowest BCUT2D eigenvalue weighted by atomic mass is 9.95. The second-order valence-corrected chi connectivity index (χ2v) is 11.3. The Morgan fingerprint density at radius 3 is 2.26 bits per heavy atom. The highest BCUT2D eigenvalue weighted by Crippen LogP contribution is 2.23. The molecule has 0 spiro atoms. The van der Waals surface area contributed by atoms with Gasteiger partial charge >= 0.3 is 0 Å². The summed E-state index contributed by atoms with van der Waals surface area (Å²) in [4.78, 5) is 28.5. The number of carbonyl (C=O) groups is 2. The van der Waals surface area contributed by atoms with Gasteiger partial charge in [-0.15, -0.1) is 0 Å². The molecule has 0 aliphatic heterocycles. The van der Waals surface area contributed by atoms with E-state index >= 15 is 0 Å². The maximum atomic E-state index is 13.7. The molecular formula is C26H34ClN3O4S. The van der Waals surface area contributed by atoms with Gasteiger partial charge in [-0.25, -0.2) is 8.42 Å². The van der Waals surface area contributed by atoms with Crippen molar-refractivity contribution in [2.75, 3.05) is 17.1 Å². The van der Waals surface area contributed by atoms with Crippen molar-refractivity contribution in [2.45, 2.75) is 64.1 Å². The molecule has 190 valence electrons. The van der Waals surface area contributed by atoms with Crippen LogP contribution in [0, 0.1) is 0 Å². The summed E-state index contributed by atoms with van der Waals surface area (Å²) >= 11 is 6.39. The molecule has 0 bridgehead atoms. The molecule has 1 atom stereocenters. The van der Waals surface area contributed by atoms with Gasteiger partial charge in [0.25, 0.3) is 0 Å². The molecule has 3 rings (SSSR count). The fourth-order valence-electron chi connectivity index (χ4n) is 4.48. The van der Waals surface area contributed by atoms with Gasteiger partial charge in [-0.3, -0.25) is 13.9 Å². The maximum Gasteiger partial charge on any atom is 0.244 e. The van der Waals surface area contributed by atoms with E-state index < -0.39 is 28.5 Å². The van der Waals surface area contributed by atoms with Crippen LogP contribution >= 0.6 is 11.6 Å². The fourth-order valence-corrected chi connectivity index (χ4v) is 5.53. The third-order valence-corrected chi connectivity index (χ3v) is 7.87. The molecule has 2 amide bonds. The molecule has 0 radical (unpaired) electrons. The first-order chi connectivity index (χ1) is 16.7. The molecule has 0 heterocycles. The number of carbonyl (C=O) groups excluding carboxylic acids is 2. The highest BCUT2D eigenvalue weighted by molar-refractivity contribution is 7.92. The topological polar surface area (TPSA) is 86.8 Å². The summed E-state index contributed by atoms with van der Waals surface area (Å²) in [5, 5.41) is 3.61. The van der Waals surface area contributed by atoms with Gasteiger partial charge in [0, 0.05) is 17.6 Å². The number of halogens is 1. The Bertz CT molecular complexity index is 1100. The quantitative estimate of drug-likeness (QED) is 0.505. The van der Waals surface area contributed by atoms with E-state index in [2.05, 4.69) is 5.32 Å². The number of rotatable bonds is 10. The molecule has 1 aliphatic carbocycles. The number of nitrogens with one attached hydrogen (secondary N) is 1. The normalized spacial score (nSPS) is 15.3. The molecule has 1 unspecified atom stereocenters. The molecule has 1 fully saturated rings. The second-order valence-electron chi connectivity index (χ2n) is 8.99. The fraction of sp³-hybridized carbons (Fsp3) is 0.462. The van der Waals surface area contributed by atoms with E-state index in [9.17, 15) is 18.0 Å². The summed E-state index contributed by atoms with van der Waals surface area (Å²) in [5.41, 5.74) is 1.08. The second kappa shape index (κ2) is 12.4. The molecule has 1 aliphatic rings. The third-order valence-electron chi connectivity index (χ3n) is 6.36. The van der Waals surface area contributed by atoms with Crippen molar-refractivity contribution in [3.63, 3.8) is 0 Å². The van der Waals surface area contributed by atoms with Crippen molar-refractivity contribution in [1.29, 1.82) is 0 Å². The molecule has 1 saturated carbocycles. The number of anilines is 1. The Morgan fingerprint density at radius 1 is 1.03 bits per heavy atom. The first-order valence-electron chi connectivity index (χ1n) is 12.1. The van der Waals surface area contributed by atoms with Crippen molar-refractivity contribution in [3.05, 3.63) is 65.2 Å². The van der Waals surface area contributed by atoms with E-state index in [1.807, 2.05) is 13.0 Å². The number of para-hydroxylation sites is 1. The molecule has 2 aromatic rings. The van der Waals surface area contributed by atoms with Gasteiger partial charge in [0.15, 0.2) is 0 Å². The van der Waals surface area contributed by atoms with E-state index in [1.54, 1.807) is 48.5 Å². The van der Waals surface area contributed by atoms with Crippen LogP contribution in [-0.4, -0.2) is 50.0 Å². The summed E-state index contributed by atoms with van der Waals surface area (Å²) in [6.07, 6.45) is 6.63. The molecule has 0 saturated heterocycles. The highest BCUT2D eigenvalue weighted by Gasteiger charge is 2.33. The van der Waals surface area contributed by atoms with E-state index in [0.29, 0.717) is 22.7 Å². The monoisotopic (exact) mass is 519 g/mol. The van der Waals surface area contributed by atoms with Crippen molar-refractivity contribution in [1.82, 2.24) is 10.2 Å². The van der Waals surface area contributed by atoms with Gasteiger partial charge < -0.3 is 10.2 Å². The minimum atomic E-state index is -3.74. The van der Waals surface area contributed by atoms with Gasteiger partial charge in [0.1, 0.15) is 12.6 Å². The summed E-state index contributed by atoms with van der Waals surface area (Å²) in [7, 11) is -3.74. The average Bonchev–Trinajstić information content (AvgIpc) is 2.84. The van der Waals surface area contributed by atoms with Crippen LogP contribution in [0.4, 0.5) is 5.69 Å². The zero-order valence-corrected chi connectivity index (χ0v) is 21.9. The summed E-state index contributed by atoms with van der Waals surface area (Å²) in [6, 6.07) is 15.0. The van der Waals surface area contributed by atoms with E-state index in [-0.39, 0.29) is 18.5 Å². The van der Waals surface area contributed by atoms with Crippen molar-refractivity contribution in [2.24, 2.45) is 0 Å². The molecule has 1 N–H and O–H groups in total. The standard InChI is InChI=1S/C26H34ClN3O4S/c1-3-24(26(32)28-21-13-6-4-7-14-21)29(18-20-12-10-11-17-23(20)27)25(31)19-30(35(2,33)34)22-15-8-5-9-16-22/h5,8-12,15-17,21,24H,3-4,6-7,13-14,18-19H2,1-2H3,(H,28,32). The third kappa shape index (κ3) is 7.45. The van der Waals surface area contributed by atoms with Gasteiger partial charge in [0.05, 0.1) is 11.9 Å². The van der Waals surface area contributed by atoms with Crippen LogP contribution in [0.2, 0.25) is 5.02 Å². The van der Waals surface area contributed by atoms with Crippen molar-refractivity contribution < 1.29 is 18.0 Å². The number of nitrogens with zero attached hydrogens (tertiary/aromatic N) is 2. The van der Waals surface area contributed by atoms with Crippen LogP contribution in [0.5, 0.6) is 0 Å².